The second-order valence-electron chi connectivity index (χ2n) is 8.27. The third-order valence-electron chi connectivity index (χ3n) is 5.90. The maximum absolute atomic E-state index is 13.4. The van der Waals surface area contributed by atoms with Gasteiger partial charge in [-0.25, -0.2) is 9.48 Å². The van der Waals surface area contributed by atoms with Crippen molar-refractivity contribution in [2.75, 3.05) is 5.32 Å². The van der Waals surface area contributed by atoms with Gasteiger partial charge in [0.05, 0.1) is 12.2 Å². The molecule has 1 aliphatic rings. The summed E-state index contributed by atoms with van der Waals surface area (Å²) in [6, 6.07) is 22.6. The molecule has 4 aromatic rings. The van der Waals surface area contributed by atoms with Gasteiger partial charge in [0.25, 0.3) is 11.8 Å². The summed E-state index contributed by atoms with van der Waals surface area (Å²) >= 11 is 0. The largest absolute Gasteiger partial charge is 0.325 e. The number of urea groups is 1. The van der Waals surface area contributed by atoms with E-state index in [9.17, 15) is 14.4 Å². The van der Waals surface area contributed by atoms with Crippen molar-refractivity contribution in [3.8, 4) is 5.69 Å². The second kappa shape index (κ2) is 8.82. The minimum atomic E-state index is -1.24. The molecule has 0 saturated carbocycles. The Balaban J connectivity index is 1.31. The van der Waals surface area contributed by atoms with Crippen LogP contribution in [-0.4, -0.2) is 43.0 Å². The fourth-order valence-corrected chi connectivity index (χ4v) is 3.94. The molecule has 5 rings (SSSR count). The Morgan fingerprint density at radius 2 is 1.77 bits per heavy atom. The number of tetrazole rings is 1. The predicted octanol–water partition coefficient (Wildman–Crippen LogP) is 2.88. The van der Waals surface area contributed by atoms with Crippen LogP contribution in [0.2, 0.25) is 0 Å². The number of para-hydroxylation sites is 1. The van der Waals surface area contributed by atoms with Crippen molar-refractivity contribution < 1.29 is 14.4 Å². The van der Waals surface area contributed by atoms with Crippen molar-refractivity contribution in [2.45, 2.75) is 19.0 Å². The molecule has 10 heteroatoms. The lowest BCUT2D eigenvalue weighted by atomic mass is 9.91. The molecule has 174 valence electrons. The highest BCUT2D eigenvalue weighted by Crippen LogP contribution is 2.31. The van der Waals surface area contributed by atoms with E-state index in [1.54, 1.807) is 67.6 Å². The lowest BCUT2D eigenvalue weighted by Gasteiger charge is -2.23. The van der Waals surface area contributed by atoms with Crippen molar-refractivity contribution in [2.24, 2.45) is 0 Å². The Bertz CT molecular complexity index is 1390. The maximum atomic E-state index is 13.4. The number of aromatic nitrogens is 4. The molecule has 0 spiro atoms. The molecule has 10 nitrogen and oxygen atoms in total. The first kappa shape index (κ1) is 22.0. The average Bonchev–Trinajstić information content (AvgIpc) is 3.49. The van der Waals surface area contributed by atoms with Gasteiger partial charge >= 0.3 is 6.03 Å². The number of hydrogen-bond donors (Lipinski definition) is 2. The molecule has 1 aromatic heterocycles. The summed E-state index contributed by atoms with van der Waals surface area (Å²) in [7, 11) is 0. The van der Waals surface area contributed by atoms with E-state index in [0.29, 0.717) is 22.5 Å². The molecule has 0 aliphatic carbocycles. The Kier molecular flexibility index (Phi) is 5.54. The molecule has 1 saturated heterocycles. The van der Waals surface area contributed by atoms with Crippen molar-refractivity contribution >= 4 is 23.5 Å². The van der Waals surface area contributed by atoms with Crippen LogP contribution >= 0.6 is 0 Å². The SMILES string of the molecule is C[C@@]1(c2cccc(-n3cnnn3)c2)NC(=O)N(Cc2ccc(C(=O)Nc3ccccc3)cc2)C1=O. The lowest BCUT2D eigenvalue weighted by molar-refractivity contribution is -0.131. The quantitative estimate of drug-likeness (QED) is 0.421. The Hall–Kier alpha value is -4.86. The summed E-state index contributed by atoms with van der Waals surface area (Å²) in [5.41, 5.74) is 1.93. The van der Waals surface area contributed by atoms with E-state index in [1.165, 1.54) is 15.9 Å². The molecule has 1 fully saturated rings. The Morgan fingerprint density at radius 1 is 1.00 bits per heavy atom. The summed E-state index contributed by atoms with van der Waals surface area (Å²) < 4.78 is 1.47. The van der Waals surface area contributed by atoms with Crippen LogP contribution in [0.5, 0.6) is 0 Å². The van der Waals surface area contributed by atoms with Crippen LogP contribution in [0, 0.1) is 0 Å². The van der Waals surface area contributed by atoms with Crippen LogP contribution in [0.4, 0.5) is 10.5 Å². The first-order chi connectivity index (χ1) is 16.9. The van der Waals surface area contributed by atoms with Crippen molar-refractivity contribution in [3.63, 3.8) is 0 Å². The Morgan fingerprint density at radius 3 is 2.49 bits per heavy atom. The first-order valence-electron chi connectivity index (χ1n) is 10.9. The average molecular weight is 467 g/mol. The number of imide groups is 1. The number of rotatable bonds is 6. The summed E-state index contributed by atoms with van der Waals surface area (Å²) in [5, 5.41) is 16.8. The van der Waals surface area contributed by atoms with Crippen LogP contribution in [0.25, 0.3) is 5.69 Å². The molecule has 1 aliphatic heterocycles. The highest BCUT2D eigenvalue weighted by atomic mass is 16.2. The summed E-state index contributed by atoms with van der Waals surface area (Å²) in [6.07, 6.45) is 1.45. The second-order valence-corrected chi connectivity index (χ2v) is 8.27. The van der Waals surface area contributed by atoms with E-state index >= 15 is 0 Å². The zero-order valence-electron chi connectivity index (χ0n) is 18.8. The van der Waals surface area contributed by atoms with Gasteiger partial charge in [-0.05, 0) is 64.9 Å². The number of anilines is 1. The van der Waals surface area contributed by atoms with Crippen LogP contribution in [-0.2, 0) is 16.9 Å². The van der Waals surface area contributed by atoms with Gasteiger partial charge in [0.15, 0.2) is 0 Å². The van der Waals surface area contributed by atoms with Crippen molar-refractivity contribution in [3.05, 3.63) is 102 Å². The normalized spacial score (nSPS) is 17.3. The molecular formula is C25H21N7O3. The molecule has 3 aromatic carbocycles. The molecule has 0 radical (unpaired) electrons. The van der Waals surface area contributed by atoms with Crippen molar-refractivity contribution in [1.29, 1.82) is 0 Å². The molecule has 35 heavy (non-hydrogen) atoms. The fourth-order valence-electron chi connectivity index (χ4n) is 3.94. The van der Waals surface area contributed by atoms with Gasteiger partial charge in [0, 0.05) is 11.3 Å². The van der Waals surface area contributed by atoms with Crippen LogP contribution in [0.15, 0.2) is 85.2 Å². The van der Waals surface area contributed by atoms with E-state index in [-0.39, 0.29) is 18.4 Å². The van der Waals surface area contributed by atoms with Gasteiger partial charge in [-0.15, -0.1) is 5.10 Å². The van der Waals surface area contributed by atoms with Gasteiger partial charge in [-0.3, -0.25) is 14.5 Å². The maximum Gasteiger partial charge on any atom is 0.325 e. The summed E-state index contributed by atoms with van der Waals surface area (Å²) in [5.74, 6) is -0.616. The zero-order chi connectivity index (χ0) is 24.4. The minimum absolute atomic E-state index is 0.0769. The molecule has 2 heterocycles. The third-order valence-corrected chi connectivity index (χ3v) is 5.90. The highest BCUT2D eigenvalue weighted by Gasteiger charge is 2.49. The number of amides is 4. The lowest BCUT2D eigenvalue weighted by Crippen LogP contribution is -2.40. The molecular weight excluding hydrogens is 446 g/mol. The minimum Gasteiger partial charge on any atom is -0.322 e. The summed E-state index contributed by atoms with van der Waals surface area (Å²) in [4.78, 5) is 39.8. The molecule has 0 bridgehead atoms. The number of nitrogens with zero attached hydrogens (tertiary/aromatic N) is 5. The van der Waals surface area contributed by atoms with E-state index in [4.69, 9.17) is 0 Å². The molecule has 2 N–H and O–H groups in total. The molecule has 0 unspecified atom stereocenters. The van der Waals surface area contributed by atoms with Gasteiger partial charge < -0.3 is 10.6 Å². The smallest absolute Gasteiger partial charge is 0.322 e. The van der Waals surface area contributed by atoms with Crippen molar-refractivity contribution in [1.82, 2.24) is 30.4 Å². The third kappa shape index (κ3) is 4.24. The fraction of sp³-hybridized carbons (Fsp3) is 0.120. The van der Waals surface area contributed by atoms with Crippen LogP contribution in [0.3, 0.4) is 0 Å². The van der Waals surface area contributed by atoms with Gasteiger partial charge in [0.2, 0.25) is 0 Å². The zero-order valence-corrected chi connectivity index (χ0v) is 18.8. The molecule has 4 amide bonds. The van der Waals surface area contributed by atoms with E-state index in [2.05, 4.69) is 26.2 Å². The van der Waals surface area contributed by atoms with Gasteiger partial charge in [-0.1, -0.05) is 42.5 Å². The van der Waals surface area contributed by atoms with Gasteiger partial charge in [0.1, 0.15) is 11.9 Å². The summed E-state index contributed by atoms with van der Waals surface area (Å²) in [6.45, 7) is 1.75. The van der Waals surface area contributed by atoms with E-state index in [1.807, 2.05) is 18.2 Å². The standard InChI is InChI=1S/C25H21N7O3/c1-25(19-6-5-9-21(14-19)32-16-26-29-30-32)23(34)31(24(35)28-25)15-17-10-12-18(13-11-17)22(33)27-20-7-3-2-4-8-20/h2-14,16H,15H2,1H3,(H,27,33)(H,28,35)/t25-/m0/s1. The highest BCUT2D eigenvalue weighted by molar-refractivity contribution is 6.07. The van der Waals surface area contributed by atoms with Crippen LogP contribution in [0.1, 0.15) is 28.4 Å². The number of carbonyl (C=O) groups is 3. The van der Waals surface area contributed by atoms with E-state index < -0.39 is 11.6 Å². The predicted molar refractivity (Wildman–Crippen MR) is 126 cm³/mol. The monoisotopic (exact) mass is 467 g/mol. The number of hydrogen-bond acceptors (Lipinski definition) is 6. The molecule has 1 atom stereocenters. The Labute approximate surface area is 200 Å². The van der Waals surface area contributed by atoms with E-state index in [0.717, 1.165) is 5.56 Å². The van der Waals surface area contributed by atoms with Crippen LogP contribution < -0.4 is 10.6 Å². The number of nitrogens with one attached hydrogen (secondary N) is 2. The van der Waals surface area contributed by atoms with Gasteiger partial charge in [-0.2, -0.15) is 0 Å². The first-order valence-corrected chi connectivity index (χ1v) is 10.9. The number of benzene rings is 3. The number of carbonyl (C=O) groups excluding carboxylic acids is 3. The topological polar surface area (TPSA) is 122 Å².